The maximum atomic E-state index is 11.8. The Labute approximate surface area is 113 Å². The van der Waals surface area contributed by atoms with E-state index in [1.807, 2.05) is 0 Å². The molecule has 0 amide bonds. The first kappa shape index (κ1) is 15.3. The maximum Gasteiger partial charge on any atom is 0.342 e. The monoisotopic (exact) mass is 267 g/mol. The van der Waals surface area contributed by atoms with Crippen LogP contribution in [0.15, 0.2) is 18.2 Å². The van der Waals surface area contributed by atoms with E-state index in [0.717, 1.165) is 0 Å². The Morgan fingerprint density at radius 2 is 2.05 bits per heavy atom. The molecule has 0 atom stereocenters. The van der Waals surface area contributed by atoms with Crippen molar-refractivity contribution in [1.29, 1.82) is 0 Å². The third kappa shape index (κ3) is 5.18. The van der Waals surface area contributed by atoms with Crippen molar-refractivity contribution in [3.63, 3.8) is 0 Å². The van der Waals surface area contributed by atoms with Gasteiger partial charge in [-0.3, -0.25) is 0 Å². The molecular weight excluding hydrogens is 246 g/mol. The normalized spacial score (nSPS) is 10.5. The molecule has 0 unspecified atom stereocenters. The minimum atomic E-state index is -0.440. The minimum Gasteiger partial charge on any atom is -0.496 e. The summed E-state index contributed by atoms with van der Waals surface area (Å²) in [6.07, 6.45) is 0. The number of rotatable bonds is 7. The highest BCUT2D eigenvalue weighted by molar-refractivity contribution is 5.93. The molecule has 0 aliphatic rings. The van der Waals surface area contributed by atoms with E-state index in [4.69, 9.17) is 19.9 Å². The van der Waals surface area contributed by atoms with Crippen molar-refractivity contribution in [3.05, 3.63) is 23.8 Å². The van der Waals surface area contributed by atoms with Crippen molar-refractivity contribution in [2.75, 3.05) is 32.7 Å². The van der Waals surface area contributed by atoms with E-state index in [9.17, 15) is 4.79 Å². The molecule has 2 N–H and O–H groups in total. The van der Waals surface area contributed by atoms with Gasteiger partial charge in [0.25, 0.3) is 0 Å². The van der Waals surface area contributed by atoms with Gasteiger partial charge in [-0.2, -0.15) is 0 Å². The van der Waals surface area contributed by atoms with Crippen molar-refractivity contribution < 1.29 is 19.0 Å². The molecule has 0 aliphatic heterocycles. The standard InChI is InChI=1S/C14H21NO4/c1-10(2)9-18-6-7-19-14(16)12-5-4-11(15)8-13(12)17-3/h4-5,8,10H,6-7,9,15H2,1-3H3. The molecule has 0 bridgehead atoms. The third-order valence-electron chi connectivity index (χ3n) is 2.36. The van der Waals surface area contributed by atoms with Crippen molar-refractivity contribution >= 4 is 11.7 Å². The molecule has 5 nitrogen and oxygen atoms in total. The second-order valence-corrected chi connectivity index (χ2v) is 4.56. The first-order valence-electron chi connectivity index (χ1n) is 6.23. The largest absolute Gasteiger partial charge is 0.496 e. The predicted molar refractivity (Wildman–Crippen MR) is 73.3 cm³/mol. The van der Waals surface area contributed by atoms with Gasteiger partial charge in [-0.05, 0) is 18.1 Å². The van der Waals surface area contributed by atoms with Crippen molar-refractivity contribution in [1.82, 2.24) is 0 Å². The van der Waals surface area contributed by atoms with Crippen molar-refractivity contribution in [3.8, 4) is 5.75 Å². The van der Waals surface area contributed by atoms with Crippen LogP contribution in [0.3, 0.4) is 0 Å². The molecule has 106 valence electrons. The molecule has 19 heavy (non-hydrogen) atoms. The summed E-state index contributed by atoms with van der Waals surface area (Å²) in [5.74, 6) is 0.436. The molecule has 5 heteroatoms. The fourth-order valence-corrected chi connectivity index (χ4v) is 1.47. The third-order valence-corrected chi connectivity index (χ3v) is 2.36. The quantitative estimate of drug-likeness (QED) is 0.465. The van der Waals surface area contributed by atoms with Gasteiger partial charge < -0.3 is 19.9 Å². The molecule has 0 saturated carbocycles. The van der Waals surface area contributed by atoms with E-state index in [0.29, 0.717) is 36.1 Å². The fraction of sp³-hybridized carbons (Fsp3) is 0.500. The zero-order valence-electron chi connectivity index (χ0n) is 11.6. The average molecular weight is 267 g/mol. The topological polar surface area (TPSA) is 70.8 Å². The van der Waals surface area contributed by atoms with Crippen LogP contribution in [0.1, 0.15) is 24.2 Å². The number of carbonyl (C=O) groups is 1. The van der Waals surface area contributed by atoms with E-state index in [-0.39, 0.29) is 6.61 Å². The number of nitrogens with two attached hydrogens (primary N) is 1. The lowest BCUT2D eigenvalue weighted by molar-refractivity contribution is 0.0275. The number of ether oxygens (including phenoxy) is 3. The Balaban J connectivity index is 2.45. The average Bonchev–Trinajstić information content (AvgIpc) is 2.37. The van der Waals surface area contributed by atoms with Crippen molar-refractivity contribution in [2.45, 2.75) is 13.8 Å². The van der Waals surface area contributed by atoms with Crippen LogP contribution in [0.5, 0.6) is 5.75 Å². The van der Waals surface area contributed by atoms with Crippen molar-refractivity contribution in [2.24, 2.45) is 5.92 Å². The number of hydrogen-bond acceptors (Lipinski definition) is 5. The van der Waals surface area contributed by atoms with Gasteiger partial charge >= 0.3 is 5.97 Å². The lowest BCUT2D eigenvalue weighted by Gasteiger charge is -2.10. The van der Waals surface area contributed by atoms with Gasteiger partial charge in [0.2, 0.25) is 0 Å². The zero-order valence-corrected chi connectivity index (χ0v) is 11.6. The smallest absolute Gasteiger partial charge is 0.342 e. The summed E-state index contributed by atoms with van der Waals surface area (Å²) in [7, 11) is 1.48. The number of hydrogen-bond donors (Lipinski definition) is 1. The lowest BCUT2D eigenvalue weighted by atomic mass is 10.2. The van der Waals surface area contributed by atoms with E-state index >= 15 is 0 Å². The summed E-state index contributed by atoms with van der Waals surface area (Å²) >= 11 is 0. The Hall–Kier alpha value is -1.75. The van der Waals surface area contributed by atoms with Crippen LogP contribution in [0.4, 0.5) is 5.69 Å². The number of nitrogen functional groups attached to an aromatic ring is 1. The van der Waals surface area contributed by atoms with Gasteiger partial charge in [-0.15, -0.1) is 0 Å². The molecule has 1 rings (SSSR count). The van der Waals surface area contributed by atoms with Crippen LogP contribution in [0.2, 0.25) is 0 Å². The first-order valence-corrected chi connectivity index (χ1v) is 6.23. The number of methoxy groups -OCH3 is 1. The Morgan fingerprint density at radius 3 is 2.68 bits per heavy atom. The summed E-state index contributed by atoms with van der Waals surface area (Å²) < 4.78 is 15.5. The minimum absolute atomic E-state index is 0.221. The molecule has 0 fully saturated rings. The summed E-state index contributed by atoms with van der Waals surface area (Å²) in [4.78, 5) is 11.8. The summed E-state index contributed by atoms with van der Waals surface area (Å²) in [6, 6.07) is 4.81. The SMILES string of the molecule is COc1cc(N)ccc1C(=O)OCCOCC(C)C. The first-order chi connectivity index (χ1) is 9.04. The number of benzene rings is 1. The molecule has 0 aliphatic carbocycles. The molecule has 1 aromatic rings. The molecule has 0 radical (unpaired) electrons. The zero-order chi connectivity index (χ0) is 14.3. The second-order valence-electron chi connectivity index (χ2n) is 4.56. The molecule has 0 heterocycles. The lowest BCUT2D eigenvalue weighted by Crippen LogP contribution is -2.13. The van der Waals surface area contributed by atoms with Crippen LogP contribution in [-0.2, 0) is 9.47 Å². The Kier molecular flexibility index (Phi) is 6.15. The van der Waals surface area contributed by atoms with Crippen LogP contribution in [-0.4, -0.2) is 32.9 Å². The number of anilines is 1. The van der Waals surface area contributed by atoms with E-state index in [1.165, 1.54) is 7.11 Å². The van der Waals surface area contributed by atoms with Gasteiger partial charge in [0.1, 0.15) is 17.9 Å². The highest BCUT2D eigenvalue weighted by Gasteiger charge is 2.13. The van der Waals surface area contributed by atoms with E-state index in [1.54, 1.807) is 18.2 Å². The molecular formula is C14H21NO4. The van der Waals surface area contributed by atoms with E-state index in [2.05, 4.69) is 13.8 Å². The fourth-order valence-electron chi connectivity index (χ4n) is 1.47. The summed E-state index contributed by atoms with van der Waals surface area (Å²) in [5.41, 5.74) is 6.52. The second kappa shape index (κ2) is 7.63. The maximum absolute atomic E-state index is 11.8. The van der Waals surface area contributed by atoms with Crippen LogP contribution < -0.4 is 10.5 Å². The Morgan fingerprint density at radius 1 is 1.32 bits per heavy atom. The van der Waals surface area contributed by atoms with Gasteiger partial charge in [-0.25, -0.2) is 4.79 Å². The highest BCUT2D eigenvalue weighted by atomic mass is 16.6. The number of esters is 1. The highest BCUT2D eigenvalue weighted by Crippen LogP contribution is 2.22. The predicted octanol–water partition coefficient (Wildman–Crippen LogP) is 2.11. The van der Waals surface area contributed by atoms with Gasteiger partial charge in [0.15, 0.2) is 0 Å². The van der Waals surface area contributed by atoms with Gasteiger partial charge in [-0.1, -0.05) is 13.8 Å². The molecule has 1 aromatic carbocycles. The number of carbonyl (C=O) groups excluding carboxylic acids is 1. The Bertz CT molecular complexity index is 418. The van der Waals surface area contributed by atoms with Crippen LogP contribution in [0.25, 0.3) is 0 Å². The van der Waals surface area contributed by atoms with Gasteiger partial charge in [0, 0.05) is 18.4 Å². The van der Waals surface area contributed by atoms with Crippen LogP contribution >= 0.6 is 0 Å². The molecule has 0 aromatic heterocycles. The van der Waals surface area contributed by atoms with Gasteiger partial charge in [0.05, 0.1) is 13.7 Å². The van der Waals surface area contributed by atoms with Crippen LogP contribution in [0, 0.1) is 5.92 Å². The molecule has 0 saturated heterocycles. The summed E-state index contributed by atoms with van der Waals surface area (Å²) in [6.45, 7) is 5.39. The molecule has 0 spiro atoms. The van der Waals surface area contributed by atoms with E-state index < -0.39 is 5.97 Å². The summed E-state index contributed by atoms with van der Waals surface area (Å²) in [5, 5.41) is 0.